The molecule has 2 aromatic rings. The van der Waals surface area contributed by atoms with E-state index in [-0.39, 0.29) is 5.91 Å². The van der Waals surface area contributed by atoms with E-state index >= 15 is 0 Å². The Bertz CT molecular complexity index is 842. The highest BCUT2D eigenvalue weighted by Gasteiger charge is 2.36. The van der Waals surface area contributed by atoms with Gasteiger partial charge in [0.15, 0.2) is 5.16 Å². The lowest BCUT2D eigenvalue weighted by molar-refractivity contribution is -0.120. The van der Waals surface area contributed by atoms with Gasteiger partial charge in [-0.2, -0.15) is 0 Å². The molecule has 2 heterocycles. The molecular formula is C20H26N4O3S. The minimum atomic E-state index is -0.582. The van der Waals surface area contributed by atoms with Gasteiger partial charge in [0.2, 0.25) is 5.91 Å². The summed E-state index contributed by atoms with van der Waals surface area (Å²) in [6.45, 7) is 5.99. The predicted octanol–water partition coefficient (Wildman–Crippen LogP) is 3.91. The van der Waals surface area contributed by atoms with Crippen LogP contribution in [0.25, 0.3) is 0 Å². The second kappa shape index (κ2) is 8.26. The van der Waals surface area contributed by atoms with Crippen LogP contribution in [0.1, 0.15) is 33.6 Å². The number of rotatable bonds is 4. The first kappa shape index (κ1) is 20.3. The van der Waals surface area contributed by atoms with E-state index in [0.717, 1.165) is 16.5 Å². The SMILES string of the molecule is Cn1ccnc1Sc1ccc(NC(=O)C2CCCN2C(=O)OC(C)(C)C)cc1. The van der Waals surface area contributed by atoms with E-state index in [4.69, 9.17) is 4.74 Å². The van der Waals surface area contributed by atoms with Gasteiger partial charge >= 0.3 is 6.09 Å². The molecule has 0 radical (unpaired) electrons. The van der Waals surface area contributed by atoms with Crippen LogP contribution in [-0.4, -0.2) is 44.6 Å². The van der Waals surface area contributed by atoms with Gasteiger partial charge in [-0.1, -0.05) is 11.8 Å². The minimum absolute atomic E-state index is 0.187. The van der Waals surface area contributed by atoms with Crippen LogP contribution >= 0.6 is 11.8 Å². The molecule has 28 heavy (non-hydrogen) atoms. The van der Waals surface area contributed by atoms with Crippen LogP contribution in [-0.2, 0) is 16.6 Å². The Morgan fingerprint density at radius 3 is 2.57 bits per heavy atom. The second-order valence-corrected chi connectivity index (χ2v) is 8.81. The van der Waals surface area contributed by atoms with E-state index in [1.165, 1.54) is 4.90 Å². The number of carbonyl (C=O) groups excluding carboxylic acids is 2. The summed E-state index contributed by atoms with van der Waals surface area (Å²) in [6.07, 6.45) is 4.64. The van der Waals surface area contributed by atoms with Gasteiger partial charge in [0.25, 0.3) is 0 Å². The topological polar surface area (TPSA) is 76.5 Å². The Morgan fingerprint density at radius 1 is 1.25 bits per heavy atom. The molecule has 1 saturated heterocycles. The fraction of sp³-hybridized carbons (Fsp3) is 0.450. The van der Waals surface area contributed by atoms with Crippen molar-refractivity contribution in [1.29, 1.82) is 0 Å². The van der Waals surface area contributed by atoms with Crippen molar-refractivity contribution >= 4 is 29.4 Å². The third-order valence-electron chi connectivity index (χ3n) is 4.29. The van der Waals surface area contributed by atoms with Crippen LogP contribution in [0.3, 0.4) is 0 Å². The van der Waals surface area contributed by atoms with Crippen molar-refractivity contribution < 1.29 is 14.3 Å². The first-order valence-corrected chi connectivity index (χ1v) is 10.1. The molecule has 1 aromatic heterocycles. The number of aromatic nitrogens is 2. The number of carbonyl (C=O) groups is 2. The van der Waals surface area contributed by atoms with Crippen molar-refractivity contribution in [2.75, 3.05) is 11.9 Å². The standard InChI is InChI=1S/C20H26N4O3S/c1-20(2,3)27-19(26)24-12-5-6-16(24)17(25)22-14-7-9-15(10-8-14)28-18-21-11-13-23(18)4/h7-11,13,16H,5-6,12H2,1-4H3,(H,22,25). The predicted molar refractivity (Wildman–Crippen MR) is 108 cm³/mol. The van der Waals surface area contributed by atoms with Gasteiger partial charge in [0.1, 0.15) is 11.6 Å². The Kier molecular flexibility index (Phi) is 5.98. The largest absolute Gasteiger partial charge is 0.444 e. The molecule has 7 nitrogen and oxygen atoms in total. The van der Waals surface area contributed by atoms with Gasteiger partial charge in [0, 0.05) is 36.6 Å². The normalized spacial score (nSPS) is 16.9. The zero-order valence-electron chi connectivity index (χ0n) is 16.6. The molecule has 1 unspecified atom stereocenters. The fourth-order valence-electron chi connectivity index (χ4n) is 2.97. The Morgan fingerprint density at radius 2 is 1.96 bits per heavy atom. The molecule has 0 saturated carbocycles. The number of nitrogens with zero attached hydrogens (tertiary/aromatic N) is 3. The van der Waals surface area contributed by atoms with Gasteiger partial charge in [-0.25, -0.2) is 9.78 Å². The number of hydrogen-bond acceptors (Lipinski definition) is 5. The molecular weight excluding hydrogens is 376 g/mol. The third-order valence-corrected chi connectivity index (χ3v) is 5.38. The Labute approximate surface area is 169 Å². The number of likely N-dealkylation sites (tertiary alicyclic amines) is 1. The molecule has 0 aliphatic carbocycles. The molecule has 3 rings (SSSR count). The van der Waals surface area contributed by atoms with Crippen molar-refractivity contribution in [2.45, 2.75) is 55.3 Å². The van der Waals surface area contributed by atoms with Crippen LogP contribution in [0.4, 0.5) is 10.5 Å². The van der Waals surface area contributed by atoms with Gasteiger partial charge in [-0.3, -0.25) is 9.69 Å². The van der Waals surface area contributed by atoms with Crippen molar-refractivity contribution in [3.63, 3.8) is 0 Å². The maximum atomic E-state index is 12.7. The number of nitrogens with one attached hydrogen (secondary N) is 1. The average Bonchev–Trinajstić information content (AvgIpc) is 3.25. The Balaban J connectivity index is 1.60. The monoisotopic (exact) mass is 402 g/mol. The number of ether oxygens (including phenoxy) is 1. The molecule has 1 aliphatic rings. The zero-order chi connectivity index (χ0) is 20.3. The number of imidazole rings is 1. The molecule has 0 spiro atoms. The van der Waals surface area contributed by atoms with Crippen molar-refractivity contribution in [1.82, 2.24) is 14.5 Å². The summed E-state index contributed by atoms with van der Waals surface area (Å²) >= 11 is 1.55. The van der Waals surface area contributed by atoms with E-state index in [9.17, 15) is 9.59 Å². The molecule has 1 atom stereocenters. The third kappa shape index (κ3) is 5.07. The number of amides is 2. The summed E-state index contributed by atoms with van der Waals surface area (Å²) in [5.74, 6) is -0.187. The molecule has 1 aromatic carbocycles. The van der Waals surface area contributed by atoms with E-state index in [1.54, 1.807) is 18.0 Å². The van der Waals surface area contributed by atoms with Crippen LogP contribution < -0.4 is 5.32 Å². The molecule has 8 heteroatoms. The summed E-state index contributed by atoms with van der Waals surface area (Å²) < 4.78 is 7.37. The summed E-state index contributed by atoms with van der Waals surface area (Å²) in [5.41, 5.74) is 0.117. The van der Waals surface area contributed by atoms with Gasteiger partial charge < -0.3 is 14.6 Å². The number of anilines is 1. The van der Waals surface area contributed by atoms with Gasteiger partial charge in [0.05, 0.1) is 0 Å². The number of aryl methyl sites for hydroxylation is 1. The molecule has 1 N–H and O–H groups in total. The maximum absolute atomic E-state index is 12.7. The van der Waals surface area contributed by atoms with Crippen LogP contribution in [0.15, 0.2) is 46.7 Å². The number of hydrogen-bond donors (Lipinski definition) is 1. The number of benzene rings is 1. The fourth-order valence-corrected chi connectivity index (χ4v) is 3.77. The van der Waals surface area contributed by atoms with E-state index in [1.807, 2.05) is 62.8 Å². The highest BCUT2D eigenvalue weighted by molar-refractivity contribution is 7.99. The van der Waals surface area contributed by atoms with Crippen molar-refractivity contribution in [2.24, 2.45) is 7.05 Å². The maximum Gasteiger partial charge on any atom is 0.410 e. The highest BCUT2D eigenvalue weighted by atomic mass is 32.2. The zero-order valence-corrected chi connectivity index (χ0v) is 17.5. The highest BCUT2D eigenvalue weighted by Crippen LogP contribution is 2.27. The summed E-state index contributed by atoms with van der Waals surface area (Å²) in [4.78, 5) is 31.9. The van der Waals surface area contributed by atoms with Crippen LogP contribution in [0.2, 0.25) is 0 Å². The van der Waals surface area contributed by atoms with E-state index in [2.05, 4.69) is 10.3 Å². The smallest absolute Gasteiger partial charge is 0.410 e. The lowest BCUT2D eigenvalue weighted by Gasteiger charge is -2.28. The molecule has 1 aliphatic heterocycles. The van der Waals surface area contributed by atoms with E-state index < -0.39 is 17.7 Å². The molecule has 150 valence electrons. The summed E-state index contributed by atoms with van der Waals surface area (Å²) in [7, 11) is 1.95. The minimum Gasteiger partial charge on any atom is -0.444 e. The molecule has 0 bridgehead atoms. The summed E-state index contributed by atoms with van der Waals surface area (Å²) in [6, 6.07) is 7.09. The molecule has 1 fully saturated rings. The van der Waals surface area contributed by atoms with Gasteiger partial charge in [-0.15, -0.1) is 0 Å². The van der Waals surface area contributed by atoms with Crippen molar-refractivity contribution in [3.05, 3.63) is 36.7 Å². The first-order chi connectivity index (χ1) is 13.2. The lowest BCUT2D eigenvalue weighted by atomic mass is 10.2. The summed E-state index contributed by atoms with van der Waals surface area (Å²) in [5, 5.41) is 3.81. The van der Waals surface area contributed by atoms with E-state index in [0.29, 0.717) is 18.7 Å². The van der Waals surface area contributed by atoms with Crippen LogP contribution in [0.5, 0.6) is 0 Å². The quantitative estimate of drug-likeness (QED) is 0.839. The average molecular weight is 403 g/mol. The molecule has 2 amide bonds. The second-order valence-electron chi connectivity index (χ2n) is 7.77. The van der Waals surface area contributed by atoms with Gasteiger partial charge in [-0.05, 0) is 57.9 Å². The van der Waals surface area contributed by atoms with Crippen molar-refractivity contribution in [3.8, 4) is 0 Å². The van der Waals surface area contributed by atoms with Crippen LogP contribution in [0, 0.1) is 0 Å². The Hall–Kier alpha value is -2.48. The first-order valence-electron chi connectivity index (χ1n) is 9.29. The lowest BCUT2D eigenvalue weighted by Crippen LogP contribution is -2.45.